The summed E-state index contributed by atoms with van der Waals surface area (Å²) in [6.45, 7) is 1.33. The van der Waals surface area contributed by atoms with Crippen LogP contribution in [-0.4, -0.2) is 31.9 Å². The fourth-order valence-corrected chi connectivity index (χ4v) is 5.23. The Bertz CT molecular complexity index is 2070. The second kappa shape index (κ2) is 11.3. The molecule has 2 aromatic heterocycles. The number of carboxylic acid groups (broad SMARTS) is 1. The molecule has 12 heteroatoms. The molecular weight excluding hydrogens is 658 g/mol. The van der Waals surface area contributed by atoms with Crippen LogP contribution in [0.15, 0.2) is 81.1 Å². The molecule has 0 spiro atoms. The molecule has 10 nitrogen and oxygen atoms in total. The lowest BCUT2D eigenvalue weighted by Gasteiger charge is -2.21. The number of ether oxygens (including phenoxy) is 1. The fourth-order valence-electron chi connectivity index (χ4n) is 4.78. The highest BCUT2D eigenvalue weighted by molar-refractivity contribution is 14.1. The second-order valence-corrected chi connectivity index (χ2v) is 10.8. The highest BCUT2D eigenvalue weighted by atomic mass is 127. The molecule has 0 aliphatic heterocycles. The first-order valence-corrected chi connectivity index (χ1v) is 13.7. The molecule has 2 heterocycles. The number of carboxylic acids is 1. The van der Waals surface area contributed by atoms with E-state index in [1.54, 1.807) is 30.3 Å². The van der Waals surface area contributed by atoms with Crippen molar-refractivity contribution in [2.45, 2.75) is 13.5 Å². The number of hydrogen-bond acceptors (Lipinski definition) is 6. The van der Waals surface area contributed by atoms with Crippen LogP contribution in [0.4, 0.5) is 15.9 Å². The van der Waals surface area contributed by atoms with Gasteiger partial charge in [0.05, 0.1) is 36.1 Å². The number of aromatic carboxylic acids is 1. The molecule has 0 saturated carbocycles. The smallest absolute Gasteiger partial charge is 0.336 e. The summed E-state index contributed by atoms with van der Waals surface area (Å²) in [4.78, 5) is 53.5. The predicted octanol–water partition coefficient (Wildman–Crippen LogP) is 4.40. The Morgan fingerprint density at radius 2 is 1.74 bits per heavy atom. The van der Waals surface area contributed by atoms with Crippen molar-refractivity contribution in [1.82, 2.24) is 13.7 Å². The maximum absolute atomic E-state index is 14.9. The Labute approximate surface area is 251 Å². The van der Waals surface area contributed by atoms with Crippen LogP contribution in [0.5, 0.6) is 5.75 Å². The number of rotatable bonds is 7. The molecule has 2 N–H and O–H groups in total. The summed E-state index contributed by atoms with van der Waals surface area (Å²) in [5.41, 5.74) is -1.31. The number of halogens is 2. The van der Waals surface area contributed by atoms with Crippen LogP contribution < -0.4 is 26.9 Å². The van der Waals surface area contributed by atoms with Crippen molar-refractivity contribution in [3.63, 3.8) is 0 Å². The Kier molecular flexibility index (Phi) is 7.73. The van der Waals surface area contributed by atoms with E-state index >= 15 is 0 Å². The van der Waals surface area contributed by atoms with Gasteiger partial charge in [-0.3, -0.25) is 23.3 Å². The summed E-state index contributed by atoms with van der Waals surface area (Å²) < 4.78 is 24.1. The van der Waals surface area contributed by atoms with Gasteiger partial charge in [-0.05, 0) is 83.6 Å². The van der Waals surface area contributed by atoms with E-state index in [0.29, 0.717) is 14.9 Å². The number of carbonyl (C=O) groups is 1. The number of fused-ring (bicyclic) bond motifs is 1. The number of hydrogen-bond donors (Lipinski definition) is 2. The Morgan fingerprint density at radius 1 is 1.02 bits per heavy atom. The number of pyridine rings is 1. The summed E-state index contributed by atoms with van der Waals surface area (Å²) >= 11 is 1.97. The normalized spacial score (nSPS) is 11.1. The van der Waals surface area contributed by atoms with Gasteiger partial charge in [0.25, 0.3) is 11.1 Å². The van der Waals surface area contributed by atoms with Gasteiger partial charge >= 0.3 is 11.7 Å². The van der Waals surface area contributed by atoms with E-state index in [9.17, 15) is 28.7 Å². The first-order chi connectivity index (χ1) is 20.0. The molecule has 5 rings (SSSR count). The van der Waals surface area contributed by atoms with Crippen LogP contribution >= 0.6 is 22.6 Å². The zero-order chi connectivity index (χ0) is 30.3. The number of nitrogens with zero attached hydrogens (tertiary/aromatic N) is 3. The minimum atomic E-state index is -1.22. The largest absolute Gasteiger partial charge is 0.497 e. The lowest BCUT2D eigenvalue weighted by atomic mass is 10.1. The molecule has 0 bridgehead atoms. The summed E-state index contributed by atoms with van der Waals surface area (Å²) in [6.07, 6.45) is 0. The van der Waals surface area contributed by atoms with E-state index in [1.807, 2.05) is 22.6 Å². The zero-order valence-corrected chi connectivity index (χ0v) is 24.8. The maximum Gasteiger partial charge on any atom is 0.336 e. The minimum Gasteiger partial charge on any atom is -0.497 e. The van der Waals surface area contributed by atoms with Gasteiger partial charge in [0, 0.05) is 16.2 Å². The van der Waals surface area contributed by atoms with E-state index in [1.165, 1.54) is 62.0 Å². The van der Waals surface area contributed by atoms with Gasteiger partial charge in [0.15, 0.2) is 0 Å². The molecule has 0 fully saturated rings. The summed E-state index contributed by atoms with van der Waals surface area (Å²) in [5.74, 6) is -1.27. The van der Waals surface area contributed by atoms with Crippen molar-refractivity contribution >= 4 is 51.0 Å². The molecule has 0 aliphatic rings. The summed E-state index contributed by atoms with van der Waals surface area (Å²) in [7, 11) is 2.96. The number of aromatic nitrogens is 3. The zero-order valence-electron chi connectivity index (χ0n) is 22.6. The van der Waals surface area contributed by atoms with E-state index < -0.39 is 28.6 Å². The topological polar surface area (TPSA) is 125 Å². The Morgan fingerprint density at radius 3 is 2.38 bits per heavy atom. The summed E-state index contributed by atoms with van der Waals surface area (Å²) in [5, 5.41) is 12.5. The third-order valence-corrected chi connectivity index (χ3v) is 7.60. The number of benzene rings is 3. The average molecular weight is 682 g/mol. The summed E-state index contributed by atoms with van der Waals surface area (Å²) in [6, 6.07) is 16.9. The molecule has 0 unspecified atom stereocenters. The quantitative estimate of drug-likeness (QED) is 0.244. The van der Waals surface area contributed by atoms with Crippen molar-refractivity contribution in [2.24, 2.45) is 7.05 Å². The van der Waals surface area contributed by atoms with Crippen molar-refractivity contribution in [1.29, 1.82) is 0 Å². The van der Waals surface area contributed by atoms with Crippen molar-refractivity contribution in [2.75, 3.05) is 12.4 Å². The maximum atomic E-state index is 14.9. The highest BCUT2D eigenvalue weighted by Gasteiger charge is 2.24. The standard InChI is InChI=1S/C30H24FIN4O6/c1-16-25-24(26(34(2)27(16)37)33-23-12-9-19(32)14-22(23)31)28(38)35(15-17-7-10-21(42-3)11-8-17)30(41)36(25)20-6-4-5-18(13-20)29(39)40/h4-14,33H,15H2,1-3H3,(H,39,40). The molecule has 0 amide bonds. The van der Waals surface area contributed by atoms with Crippen LogP contribution in [0.1, 0.15) is 21.5 Å². The number of nitrogens with one attached hydrogen (secondary N) is 1. The van der Waals surface area contributed by atoms with E-state index in [2.05, 4.69) is 5.32 Å². The van der Waals surface area contributed by atoms with Gasteiger partial charge in [-0.2, -0.15) is 0 Å². The van der Waals surface area contributed by atoms with Crippen molar-refractivity contribution in [3.05, 3.63) is 124 Å². The minimum absolute atomic E-state index is 0.0160. The predicted molar refractivity (Wildman–Crippen MR) is 165 cm³/mol. The molecular formula is C30H24FIN4O6. The van der Waals surface area contributed by atoms with Crippen LogP contribution in [0.2, 0.25) is 0 Å². The first kappa shape index (κ1) is 28.8. The average Bonchev–Trinajstić information content (AvgIpc) is 2.97. The number of methoxy groups -OCH3 is 1. The van der Waals surface area contributed by atoms with Gasteiger partial charge in [-0.15, -0.1) is 0 Å². The second-order valence-electron chi connectivity index (χ2n) is 9.52. The van der Waals surface area contributed by atoms with E-state index in [4.69, 9.17) is 4.74 Å². The molecule has 0 aliphatic carbocycles. The fraction of sp³-hybridized carbons (Fsp3) is 0.133. The monoisotopic (exact) mass is 682 g/mol. The van der Waals surface area contributed by atoms with Crippen molar-refractivity contribution < 1.29 is 19.0 Å². The molecule has 3 aromatic carbocycles. The molecule has 0 saturated heterocycles. The third-order valence-electron chi connectivity index (χ3n) is 6.93. The Hall–Kier alpha value is -4.72. The first-order valence-electron chi connectivity index (χ1n) is 12.6. The van der Waals surface area contributed by atoms with Crippen molar-refractivity contribution in [3.8, 4) is 11.4 Å². The molecule has 0 radical (unpaired) electrons. The molecule has 42 heavy (non-hydrogen) atoms. The van der Waals surface area contributed by atoms with Crippen LogP contribution in [0.25, 0.3) is 16.6 Å². The SMILES string of the molecule is COc1ccc(Cn2c(=O)c3c(Nc4ccc(I)cc4F)n(C)c(=O)c(C)c3n(-c3cccc(C(=O)O)c3)c2=O)cc1. The molecule has 0 atom stereocenters. The number of anilines is 2. The van der Waals surface area contributed by atoms with E-state index in [0.717, 1.165) is 9.13 Å². The van der Waals surface area contributed by atoms with Crippen LogP contribution in [0, 0.1) is 16.3 Å². The van der Waals surface area contributed by atoms with Gasteiger partial charge in [0.2, 0.25) is 0 Å². The molecule has 5 aromatic rings. The lowest BCUT2D eigenvalue weighted by Crippen LogP contribution is -2.42. The van der Waals surface area contributed by atoms with Gasteiger partial charge in [0.1, 0.15) is 22.8 Å². The third kappa shape index (κ3) is 5.09. The Balaban J connectivity index is 1.91. The van der Waals surface area contributed by atoms with E-state index in [-0.39, 0.29) is 45.8 Å². The molecule has 214 valence electrons. The van der Waals surface area contributed by atoms with Crippen LogP contribution in [-0.2, 0) is 13.6 Å². The van der Waals surface area contributed by atoms with Crippen LogP contribution in [0.3, 0.4) is 0 Å². The van der Waals surface area contributed by atoms with Gasteiger partial charge in [-0.25, -0.2) is 14.0 Å². The van der Waals surface area contributed by atoms with Gasteiger partial charge in [-0.1, -0.05) is 18.2 Å². The number of aryl methyl sites for hydroxylation is 1. The van der Waals surface area contributed by atoms with Gasteiger partial charge < -0.3 is 15.2 Å². The lowest BCUT2D eigenvalue weighted by molar-refractivity contribution is 0.0697. The highest BCUT2D eigenvalue weighted by Crippen LogP contribution is 2.27.